The van der Waals surface area contributed by atoms with Gasteiger partial charge in [0.2, 0.25) is 0 Å². The van der Waals surface area contributed by atoms with Crippen LogP contribution in [0.1, 0.15) is 33.6 Å². The molecule has 1 aliphatic heterocycles. The number of nitrogens with two attached hydrogens (primary N) is 1. The molecule has 0 bridgehead atoms. The summed E-state index contributed by atoms with van der Waals surface area (Å²) in [5.41, 5.74) is 5.97. The minimum Gasteiger partial charge on any atom is -0.378 e. The summed E-state index contributed by atoms with van der Waals surface area (Å²) in [6, 6.07) is 0. The fourth-order valence-corrected chi connectivity index (χ4v) is 1.84. The van der Waals surface area contributed by atoms with E-state index < -0.39 is 0 Å². The second-order valence-corrected chi connectivity index (χ2v) is 4.70. The maximum atomic E-state index is 5.69. The Kier molecular flexibility index (Phi) is 3.13. The molecule has 2 N–H and O–H groups in total. The van der Waals surface area contributed by atoms with Crippen molar-refractivity contribution in [1.29, 1.82) is 0 Å². The van der Waals surface area contributed by atoms with Crippen LogP contribution in [0.2, 0.25) is 0 Å². The smallest absolute Gasteiger partial charge is 0.0576 e. The van der Waals surface area contributed by atoms with Gasteiger partial charge in [-0.1, -0.05) is 13.8 Å². The zero-order valence-electron chi connectivity index (χ0n) is 8.47. The molecule has 2 unspecified atom stereocenters. The lowest BCUT2D eigenvalue weighted by atomic mass is 9.80. The molecule has 0 radical (unpaired) electrons. The topological polar surface area (TPSA) is 35.2 Å². The van der Waals surface area contributed by atoms with Crippen LogP contribution in [0.15, 0.2) is 0 Å². The Balaban J connectivity index is 2.39. The molecule has 0 aromatic rings. The largest absolute Gasteiger partial charge is 0.378 e. The van der Waals surface area contributed by atoms with Crippen LogP contribution in [0, 0.1) is 11.3 Å². The van der Waals surface area contributed by atoms with Crippen LogP contribution in [0.5, 0.6) is 0 Å². The highest BCUT2D eigenvalue weighted by Gasteiger charge is 2.29. The first-order chi connectivity index (χ1) is 5.55. The van der Waals surface area contributed by atoms with Gasteiger partial charge in [-0.15, -0.1) is 0 Å². The quantitative estimate of drug-likeness (QED) is 0.702. The average Bonchev–Trinajstić information content (AvgIpc) is 2.36. The van der Waals surface area contributed by atoms with E-state index in [-0.39, 0.29) is 5.41 Å². The van der Waals surface area contributed by atoms with E-state index in [9.17, 15) is 0 Å². The first-order valence-electron chi connectivity index (χ1n) is 4.87. The third-order valence-corrected chi connectivity index (χ3v) is 2.90. The van der Waals surface area contributed by atoms with Gasteiger partial charge in [0.05, 0.1) is 6.10 Å². The van der Waals surface area contributed by atoms with E-state index in [1.807, 2.05) is 0 Å². The van der Waals surface area contributed by atoms with E-state index in [0.29, 0.717) is 6.10 Å². The molecule has 0 amide bonds. The van der Waals surface area contributed by atoms with Crippen LogP contribution in [0.4, 0.5) is 0 Å². The van der Waals surface area contributed by atoms with Gasteiger partial charge in [-0.25, -0.2) is 0 Å². The van der Waals surface area contributed by atoms with Gasteiger partial charge in [-0.3, -0.25) is 0 Å². The zero-order valence-corrected chi connectivity index (χ0v) is 8.47. The predicted molar refractivity (Wildman–Crippen MR) is 51.0 cm³/mol. The molecule has 1 aliphatic rings. The van der Waals surface area contributed by atoms with Gasteiger partial charge >= 0.3 is 0 Å². The van der Waals surface area contributed by atoms with Crippen molar-refractivity contribution in [2.45, 2.75) is 39.7 Å². The third kappa shape index (κ3) is 2.46. The summed E-state index contributed by atoms with van der Waals surface area (Å²) in [4.78, 5) is 0. The number of hydrogen-bond donors (Lipinski definition) is 1. The van der Waals surface area contributed by atoms with Gasteiger partial charge in [0.25, 0.3) is 0 Å². The molecule has 0 aromatic heterocycles. The molecular weight excluding hydrogens is 150 g/mol. The third-order valence-electron chi connectivity index (χ3n) is 2.90. The van der Waals surface area contributed by atoms with E-state index in [1.54, 1.807) is 0 Å². The maximum absolute atomic E-state index is 5.69. The van der Waals surface area contributed by atoms with Gasteiger partial charge < -0.3 is 10.5 Å². The van der Waals surface area contributed by atoms with Gasteiger partial charge in [-0.05, 0) is 37.6 Å². The maximum Gasteiger partial charge on any atom is 0.0576 e. The van der Waals surface area contributed by atoms with Crippen molar-refractivity contribution in [3.05, 3.63) is 0 Å². The molecule has 2 heteroatoms. The lowest BCUT2D eigenvalue weighted by Crippen LogP contribution is -2.28. The van der Waals surface area contributed by atoms with E-state index in [4.69, 9.17) is 10.5 Å². The SMILES string of the molecule is CC1OCCC1CC(C)(C)CN. The highest BCUT2D eigenvalue weighted by atomic mass is 16.5. The highest BCUT2D eigenvalue weighted by Crippen LogP contribution is 2.32. The van der Waals surface area contributed by atoms with Crippen molar-refractivity contribution in [2.24, 2.45) is 17.1 Å². The van der Waals surface area contributed by atoms with Crippen LogP contribution in [0.3, 0.4) is 0 Å². The van der Waals surface area contributed by atoms with Crippen molar-refractivity contribution < 1.29 is 4.74 Å². The van der Waals surface area contributed by atoms with Crippen molar-refractivity contribution in [2.75, 3.05) is 13.2 Å². The normalized spacial score (nSPS) is 31.0. The molecule has 1 saturated heterocycles. The number of hydrogen-bond acceptors (Lipinski definition) is 2. The Morgan fingerprint density at radius 2 is 2.17 bits per heavy atom. The van der Waals surface area contributed by atoms with E-state index in [2.05, 4.69) is 20.8 Å². The summed E-state index contributed by atoms with van der Waals surface area (Å²) in [7, 11) is 0. The fourth-order valence-electron chi connectivity index (χ4n) is 1.84. The Bertz CT molecular complexity index is 145. The molecule has 0 saturated carbocycles. The summed E-state index contributed by atoms with van der Waals surface area (Å²) in [6.45, 7) is 8.35. The first kappa shape index (κ1) is 10.0. The Labute approximate surface area is 75.5 Å². The fraction of sp³-hybridized carbons (Fsp3) is 1.00. The molecule has 2 nitrogen and oxygen atoms in total. The van der Waals surface area contributed by atoms with Gasteiger partial charge in [0.15, 0.2) is 0 Å². The Morgan fingerprint density at radius 3 is 2.58 bits per heavy atom. The van der Waals surface area contributed by atoms with Gasteiger partial charge in [-0.2, -0.15) is 0 Å². The monoisotopic (exact) mass is 171 g/mol. The molecule has 0 aliphatic carbocycles. The summed E-state index contributed by atoms with van der Waals surface area (Å²) in [5.74, 6) is 0.726. The van der Waals surface area contributed by atoms with Crippen LogP contribution in [0.25, 0.3) is 0 Å². The predicted octanol–water partition coefficient (Wildman–Crippen LogP) is 1.79. The average molecular weight is 171 g/mol. The van der Waals surface area contributed by atoms with Crippen molar-refractivity contribution in [3.8, 4) is 0 Å². The minimum absolute atomic E-state index is 0.284. The van der Waals surface area contributed by atoms with E-state index >= 15 is 0 Å². The standard InChI is InChI=1S/C10H21NO/c1-8-9(4-5-12-8)6-10(2,3)7-11/h8-9H,4-7,11H2,1-3H3. The molecule has 12 heavy (non-hydrogen) atoms. The molecule has 0 aromatic carbocycles. The lowest BCUT2D eigenvalue weighted by Gasteiger charge is -2.27. The zero-order chi connectivity index (χ0) is 9.19. The van der Waals surface area contributed by atoms with Crippen LogP contribution in [-0.4, -0.2) is 19.3 Å². The van der Waals surface area contributed by atoms with Crippen molar-refractivity contribution in [3.63, 3.8) is 0 Å². The van der Waals surface area contributed by atoms with Gasteiger partial charge in [0, 0.05) is 6.61 Å². The minimum atomic E-state index is 0.284. The summed E-state index contributed by atoms with van der Waals surface area (Å²) < 4.78 is 5.51. The molecular formula is C10H21NO. The number of ether oxygens (including phenoxy) is 1. The molecule has 1 fully saturated rings. The Morgan fingerprint density at radius 1 is 1.50 bits per heavy atom. The van der Waals surface area contributed by atoms with E-state index in [0.717, 1.165) is 19.1 Å². The van der Waals surface area contributed by atoms with Crippen LogP contribution < -0.4 is 5.73 Å². The highest BCUT2D eigenvalue weighted by molar-refractivity contribution is 4.80. The molecule has 2 atom stereocenters. The van der Waals surface area contributed by atoms with Crippen molar-refractivity contribution in [1.82, 2.24) is 0 Å². The van der Waals surface area contributed by atoms with Crippen molar-refractivity contribution >= 4 is 0 Å². The number of rotatable bonds is 3. The second kappa shape index (κ2) is 3.75. The summed E-state index contributed by atoms with van der Waals surface area (Å²) in [5, 5.41) is 0. The first-order valence-corrected chi connectivity index (χ1v) is 4.87. The molecule has 72 valence electrons. The van der Waals surface area contributed by atoms with Crippen LogP contribution in [-0.2, 0) is 4.74 Å². The van der Waals surface area contributed by atoms with Crippen LogP contribution >= 0.6 is 0 Å². The molecule has 0 spiro atoms. The molecule has 1 rings (SSSR count). The Hall–Kier alpha value is -0.0800. The molecule has 1 heterocycles. The summed E-state index contributed by atoms with van der Waals surface area (Å²) in [6.07, 6.45) is 2.85. The van der Waals surface area contributed by atoms with E-state index in [1.165, 1.54) is 12.8 Å². The lowest BCUT2D eigenvalue weighted by molar-refractivity contribution is 0.0930. The second-order valence-electron chi connectivity index (χ2n) is 4.70. The summed E-state index contributed by atoms with van der Waals surface area (Å²) >= 11 is 0. The van der Waals surface area contributed by atoms with Gasteiger partial charge in [0.1, 0.15) is 0 Å².